The van der Waals surface area contributed by atoms with Gasteiger partial charge in [0.2, 0.25) is 5.89 Å². The number of nitrogens with one attached hydrogen (secondary N) is 2. The number of methoxy groups -OCH3 is 1. The summed E-state index contributed by atoms with van der Waals surface area (Å²) in [5.74, 6) is 1.52. The Hall–Kier alpha value is -3.43. The van der Waals surface area contributed by atoms with Crippen molar-refractivity contribution < 1.29 is 18.7 Å². The maximum atomic E-state index is 12.7. The fraction of sp³-hybridized carbons (Fsp3) is 0.160. The highest BCUT2D eigenvalue weighted by Crippen LogP contribution is 2.30. The van der Waals surface area contributed by atoms with Crippen LogP contribution < -0.4 is 20.1 Å². The number of anilines is 1. The number of fused-ring (bicyclic) bond motifs is 1. The van der Waals surface area contributed by atoms with Gasteiger partial charge in [-0.15, -0.1) is 0 Å². The second-order valence-electron chi connectivity index (χ2n) is 7.37. The molecule has 1 amide bonds. The van der Waals surface area contributed by atoms with Crippen LogP contribution in [0.1, 0.15) is 22.8 Å². The molecule has 9 heteroatoms. The third-order valence-corrected chi connectivity index (χ3v) is 5.87. The highest BCUT2D eigenvalue weighted by Gasteiger charge is 2.14. The molecule has 1 heterocycles. The Kier molecular flexibility index (Phi) is 7.14. The number of nitrogens with zero attached hydrogens (tertiary/aromatic N) is 1. The molecule has 1 aromatic heterocycles. The normalized spacial score (nSPS) is 10.7. The van der Waals surface area contributed by atoms with Gasteiger partial charge in [0.25, 0.3) is 5.91 Å². The minimum atomic E-state index is -0.331. The minimum Gasteiger partial charge on any atom is -0.497 e. The van der Waals surface area contributed by atoms with Gasteiger partial charge in [0.05, 0.1) is 18.2 Å². The zero-order valence-electron chi connectivity index (χ0n) is 18.8. The Bertz CT molecular complexity index is 1390. The number of halogens is 1. The van der Waals surface area contributed by atoms with Crippen molar-refractivity contribution in [2.45, 2.75) is 13.8 Å². The van der Waals surface area contributed by atoms with Crippen molar-refractivity contribution in [1.82, 2.24) is 10.3 Å². The Morgan fingerprint density at radius 2 is 1.97 bits per heavy atom. The molecule has 0 fully saturated rings. The number of amides is 1. The average Bonchev–Trinajstić information content (AvgIpc) is 3.25. The molecule has 3 aromatic carbocycles. The van der Waals surface area contributed by atoms with Crippen molar-refractivity contribution in [1.29, 1.82) is 0 Å². The number of thiocarbonyl (C=S) groups is 1. The SMILES string of the molecule is CCOc1ccc(C(=O)NC(=S)Nc2cc(-c3nc4cc(OC)ccc4o3)ccc2C)cc1Br. The summed E-state index contributed by atoms with van der Waals surface area (Å²) in [6.07, 6.45) is 0. The zero-order chi connectivity index (χ0) is 24.2. The van der Waals surface area contributed by atoms with E-state index in [0.29, 0.717) is 45.1 Å². The van der Waals surface area contributed by atoms with Gasteiger partial charge in [-0.2, -0.15) is 0 Å². The number of oxazole rings is 1. The second kappa shape index (κ2) is 10.2. The number of ether oxygens (including phenoxy) is 2. The third-order valence-electron chi connectivity index (χ3n) is 5.05. The molecule has 0 aliphatic rings. The molecule has 4 aromatic rings. The van der Waals surface area contributed by atoms with Crippen molar-refractivity contribution in [3.05, 3.63) is 70.2 Å². The quantitative estimate of drug-likeness (QED) is 0.286. The monoisotopic (exact) mass is 539 g/mol. The first-order valence-corrected chi connectivity index (χ1v) is 11.7. The average molecular weight is 540 g/mol. The van der Waals surface area contributed by atoms with Crippen LogP contribution in [0.15, 0.2) is 63.5 Å². The summed E-state index contributed by atoms with van der Waals surface area (Å²) in [5, 5.41) is 5.98. The highest BCUT2D eigenvalue weighted by molar-refractivity contribution is 9.10. The van der Waals surface area contributed by atoms with Gasteiger partial charge >= 0.3 is 0 Å². The number of carbonyl (C=O) groups is 1. The van der Waals surface area contributed by atoms with Crippen LogP contribution in [0.5, 0.6) is 11.5 Å². The summed E-state index contributed by atoms with van der Waals surface area (Å²) in [6.45, 7) is 4.38. The van der Waals surface area contributed by atoms with Gasteiger partial charge in [-0.1, -0.05) is 6.07 Å². The summed E-state index contributed by atoms with van der Waals surface area (Å²) in [4.78, 5) is 17.2. The van der Waals surface area contributed by atoms with Crippen LogP contribution in [-0.2, 0) is 0 Å². The summed E-state index contributed by atoms with van der Waals surface area (Å²) >= 11 is 8.80. The van der Waals surface area contributed by atoms with Crippen LogP contribution in [-0.4, -0.2) is 29.7 Å². The lowest BCUT2D eigenvalue weighted by Crippen LogP contribution is -2.34. The number of aromatic nitrogens is 1. The molecule has 0 saturated carbocycles. The van der Waals surface area contributed by atoms with Crippen molar-refractivity contribution >= 4 is 56.0 Å². The molecule has 174 valence electrons. The van der Waals surface area contributed by atoms with Gasteiger partial charge in [-0.3, -0.25) is 10.1 Å². The van der Waals surface area contributed by atoms with Crippen molar-refractivity contribution in [3.63, 3.8) is 0 Å². The Morgan fingerprint density at radius 1 is 1.15 bits per heavy atom. The molecule has 4 rings (SSSR count). The van der Waals surface area contributed by atoms with Crippen LogP contribution in [0.4, 0.5) is 5.69 Å². The predicted octanol–water partition coefficient (Wildman–Crippen LogP) is 6.10. The number of rotatable bonds is 6. The largest absolute Gasteiger partial charge is 0.497 e. The van der Waals surface area contributed by atoms with E-state index in [2.05, 4.69) is 31.5 Å². The molecule has 0 unspecified atom stereocenters. The van der Waals surface area contributed by atoms with E-state index in [1.54, 1.807) is 25.3 Å². The molecular formula is C25H22BrN3O4S. The Morgan fingerprint density at radius 3 is 2.71 bits per heavy atom. The second-order valence-corrected chi connectivity index (χ2v) is 8.63. The lowest BCUT2D eigenvalue weighted by molar-refractivity contribution is 0.0977. The number of benzene rings is 3. The molecular weight excluding hydrogens is 518 g/mol. The van der Waals surface area contributed by atoms with E-state index in [-0.39, 0.29) is 11.0 Å². The van der Waals surface area contributed by atoms with E-state index < -0.39 is 0 Å². The lowest BCUT2D eigenvalue weighted by atomic mass is 10.1. The first-order valence-electron chi connectivity index (χ1n) is 10.5. The van der Waals surface area contributed by atoms with E-state index in [4.69, 9.17) is 26.1 Å². The molecule has 0 saturated heterocycles. The fourth-order valence-electron chi connectivity index (χ4n) is 3.29. The molecule has 0 spiro atoms. The van der Waals surface area contributed by atoms with E-state index in [1.165, 1.54) is 0 Å². The first kappa shape index (κ1) is 23.7. The van der Waals surface area contributed by atoms with Gasteiger partial charge in [-0.05, 0) is 90.0 Å². The molecule has 0 bridgehead atoms. The molecule has 7 nitrogen and oxygen atoms in total. The van der Waals surface area contributed by atoms with Crippen LogP contribution in [0.2, 0.25) is 0 Å². The van der Waals surface area contributed by atoms with Crippen molar-refractivity contribution in [3.8, 4) is 23.0 Å². The van der Waals surface area contributed by atoms with E-state index in [9.17, 15) is 4.79 Å². The van der Waals surface area contributed by atoms with E-state index in [1.807, 2.05) is 50.2 Å². The van der Waals surface area contributed by atoms with E-state index in [0.717, 1.165) is 16.8 Å². The summed E-state index contributed by atoms with van der Waals surface area (Å²) < 4.78 is 17.3. The molecule has 0 atom stereocenters. The summed E-state index contributed by atoms with van der Waals surface area (Å²) in [7, 11) is 1.61. The topological polar surface area (TPSA) is 85.6 Å². The van der Waals surface area contributed by atoms with Gasteiger partial charge in [0, 0.05) is 22.9 Å². The smallest absolute Gasteiger partial charge is 0.257 e. The minimum absolute atomic E-state index is 0.178. The Labute approximate surface area is 210 Å². The number of hydrogen-bond donors (Lipinski definition) is 2. The molecule has 2 N–H and O–H groups in total. The van der Waals surface area contributed by atoms with E-state index >= 15 is 0 Å². The Balaban J connectivity index is 1.49. The maximum absolute atomic E-state index is 12.7. The number of aryl methyl sites for hydroxylation is 1. The predicted molar refractivity (Wildman–Crippen MR) is 140 cm³/mol. The number of hydrogen-bond acceptors (Lipinski definition) is 6. The fourth-order valence-corrected chi connectivity index (χ4v) is 3.99. The number of carbonyl (C=O) groups excluding carboxylic acids is 1. The van der Waals surface area contributed by atoms with Crippen LogP contribution in [0.25, 0.3) is 22.6 Å². The highest BCUT2D eigenvalue weighted by atomic mass is 79.9. The van der Waals surface area contributed by atoms with Crippen LogP contribution in [0.3, 0.4) is 0 Å². The lowest BCUT2D eigenvalue weighted by Gasteiger charge is -2.13. The molecule has 0 radical (unpaired) electrons. The maximum Gasteiger partial charge on any atom is 0.257 e. The van der Waals surface area contributed by atoms with Crippen LogP contribution in [0, 0.1) is 6.92 Å². The van der Waals surface area contributed by atoms with Crippen molar-refractivity contribution in [2.75, 3.05) is 19.0 Å². The van der Waals surface area contributed by atoms with Crippen molar-refractivity contribution in [2.24, 2.45) is 0 Å². The van der Waals surface area contributed by atoms with Gasteiger partial charge in [-0.25, -0.2) is 4.98 Å². The summed E-state index contributed by atoms with van der Waals surface area (Å²) in [5.41, 5.74) is 4.26. The zero-order valence-corrected chi connectivity index (χ0v) is 21.2. The standard InChI is InChI=1S/C25H22BrN3O4S/c1-4-32-21-9-7-15(11-18(21)26)23(30)29-25(34)28-19-12-16(6-5-14(19)2)24-27-20-13-17(31-3)8-10-22(20)33-24/h5-13H,4H2,1-3H3,(H2,28,29,30,34). The molecule has 0 aliphatic carbocycles. The molecule has 0 aliphatic heterocycles. The summed E-state index contributed by atoms with van der Waals surface area (Å²) in [6, 6.07) is 16.3. The third kappa shape index (κ3) is 5.21. The first-order chi connectivity index (χ1) is 16.4. The van der Waals surface area contributed by atoms with Gasteiger partial charge in [0.15, 0.2) is 10.7 Å². The van der Waals surface area contributed by atoms with Gasteiger partial charge < -0.3 is 19.2 Å². The molecule has 34 heavy (non-hydrogen) atoms. The van der Waals surface area contributed by atoms with Gasteiger partial charge in [0.1, 0.15) is 17.0 Å². The van der Waals surface area contributed by atoms with Crippen LogP contribution >= 0.6 is 28.1 Å².